The van der Waals surface area contributed by atoms with Crippen molar-refractivity contribution in [3.05, 3.63) is 15.6 Å². The van der Waals surface area contributed by atoms with Gasteiger partial charge in [-0.2, -0.15) is 0 Å². The summed E-state index contributed by atoms with van der Waals surface area (Å²) in [6, 6.07) is 0.130. The highest BCUT2D eigenvalue weighted by atomic mass is 32.1. The molecule has 1 aromatic rings. The van der Waals surface area contributed by atoms with Crippen molar-refractivity contribution in [3.63, 3.8) is 0 Å². The Morgan fingerprint density at radius 1 is 1.41 bits per heavy atom. The number of thiazole rings is 1. The van der Waals surface area contributed by atoms with Crippen LogP contribution in [0.15, 0.2) is 0 Å². The SMILES string of the molecule is CCOC(CC)C(Cc1nc(C)c(C)s1)NN. The predicted molar refractivity (Wildman–Crippen MR) is 72.1 cm³/mol. The second-order valence-electron chi connectivity index (χ2n) is 4.13. The maximum atomic E-state index is 5.69. The molecule has 0 bridgehead atoms. The number of nitrogens with one attached hydrogen (secondary N) is 1. The smallest absolute Gasteiger partial charge is 0.0947 e. The Morgan fingerprint density at radius 2 is 2.12 bits per heavy atom. The maximum absolute atomic E-state index is 5.69. The molecular weight excluding hydrogens is 234 g/mol. The predicted octanol–water partition coefficient (Wildman–Crippen LogP) is 1.95. The van der Waals surface area contributed by atoms with Crippen LogP contribution in [0.25, 0.3) is 0 Å². The van der Waals surface area contributed by atoms with Gasteiger partial charge in [0.15, 0.2) is 0 Å². The average molecular weight is 257 g/mol. The van der Waals surface area contributed by atoms with Crippen molar-refractivity contribution in [2.45, 2.75) is 52.7 Å². The Hall–Kier alpha value is -0.490. The molecule has 0 saturated carbocycles. The number of rotatable bonds is 7. The Bertz CT molecular complexity index is 321. The fourth-order valence-corrected chi connectivity index (χ4v) is 2.84. The zero-order chi connectivity index (χ0) is 12.8. The lowest BCUT2D eigenvalue weighted by molar-refractivity contribution is 0.0319. The Kier molecular flexibility index (Phi) is 6.05. The highest BCUT2D eigenvalue weighted by molar-refractivity contribution is 7.11. The van der Waals surface area contributed by atoms with E-state index in [1.54, 1.807) is 11.3 Å². The number of ether oxygens (including phenoxy) is 1. The molecule has 1 heterocycles. The fraction of sp³-hybridized carbons (Fsp3) is 0.750. The molecule has 4 nitrogen and oxygen atoms in total. The van der Waals surface area contributed by atoms with Crippen molar-refractivity contribution in [1.82, 2.24) is 10.4 Å². The van der Waals surface area contributed by atoms with E-state index in [4.69, 9.17) is 10.6 Å². The van der Waals surface area contributed by atoms with Crippen molar-refractivity contribution < 1.29 is 4.74 Å². The lowest BCUT2D eigenvalue weighted by atomic mass is 10.1. The van der Waals surface area contributed by atoms with E-state index in [9.17, 15) is 0 Å². The van der Waals surface area contributed by atoms with Crippen molar-refractivity contribution in [1.29, 1.82) is 0 Å². The number of nitrogens with two attached hydrogens (primary N) is 1. The largest absolute Gasteiger partial charge is 0.377 e. The van der Waals surface area contributed by atoms with Gasteiger partial charge in [-0.15, -0.1) is 11.3 Å². The summed E-state index contributed by atoms with van der Waals surface area (Å²) >= 11 is 1.74. The minimum atomic E-state index is 0.130. The van der Waals surface area contributed by atoms with Crippen LogP contribution in [-0.2, 0) is 11.2 Å². The average Bonchev–Trinajstić information content (AvgIpc) is 2.63. The van der Waals surface area contributed by atoms with Crippen LogP contribution < -0.4 is 11.3 Å². The Morgan fingerprint density at radius 3 is 2.53 bits per heavy atom. The summed E-state index contributed by atoms with van der Waals surface area (Å²) in [4.78, 5) is 5.82. The first kappa shape index (κ1) is 14.6. The third-order valence-electron chi connectivity index (χ3n) is 2.91. The van der Waals surface area contributed by atoms with Crippen molar-refractivity contribution >= 4 is 11.3 Å². The van der Waals surface area contributed by atoms with Crippen LogP contribution in [0.5, 0.6) is 0 Å². The van der Waals surface area contributed by atoms with Gasteiger partial charge in [-0.05, 0) is 27.2 Å². The van der Waals surface area contributed by atoms with Crippen LogP contribution in [0, 0.1) is 13.8 Å². The molecule has 0 aliphatic rings. The van der Waals surface area contributed by atoms with E-state index >= 15 is 0 Å². The zero-order valence-electron chi connectivity index (χ0n) is 11.1. The summed E-state index contributed by atoms with van der Waals surface area (Å²) < 4.78 is 5.69. The summed E-state index contributed by atoms with van der Waals surface area (Å²) in [5, 5.41) is 1.13. The molecule has 0 saturated heterocycles. The molecule has 0 fully saturated rings. The van der Waals surface area contributed by atoms with Crippen LogP contribution in [-0.4, -0.2) is 23.7 Å². The summed E-state index contributed by atoms with van der Waals surface area (Å²) in [6.07, 6.45) is 1.93. The number of hydrazine groups is 1. The monoisotopic (exact) mass is 257 g/mol. The number of nitrogens with zero attached hydrogens (tertiary/aromatic N) is 1. The van der Waals surface area contributed by atoms with Gasteiger partial charge < -0.3 is 4.74 Å². The maximum Gasteiger partial charge on any atom is 0.0947 e. The van der Waals surface area contributed by atoms with E-state index in [1.165, 1.54) is 4.88 Å². The van der Waals surface area contributed by atoms with Crippen molar-refractivity contribution in [3.8, 4) is 0 Å². The lowest BCUT2D eigenvalue weighted by Crippen LogP contribution is -2.46. The summed E-state index contributed by atoms with van der Waals surface area (Å²) in [5.74, 6) is 5.62. The van der Waals surface area contributed by atoms with E-state index in [0.717, 1.165) is 23.5 Å². The van der Waals surface area contributed by atoms with Gasteiger partial charge in [-0.25, -0.2) is 4.98 Å². The van der Waals surface area contributed by atoms with Gasteiger partial charge in [0.25, 0.3) is 0 Å². The third kappa shape index (κ3) is 4.03. The molecular formula is C12H23N3OS. The van der Waals surface area contributed by atoms with E-state index in [0.29, 0.717) is 6.61 Å². The highest BCUT2D eigenvalue weighted by Gasteiger charge is 2.21. The Balaban J connectivity index is 2.68. The zero-order valence-corrected chi connectivity index (χ0v) is 11.9. The normalized spacial score (nSPS) is 14.9. The van der Waals surface area contributed by atoms with Crippen LogP contribution in [0.2, 0.25) is 0 Å². The van der Waals surface area contributed by atoms with E-state index in [2.05, 4.69) is 24.3 Å². The number of hydrogen-bond acceptors (Lipinski definition) is 5. The molecule has 1 aromatic heterocycles. The summed E-state index contributed by atoms with van der Waals surface area (Å²) in [6.45, 7) is 8.98. The number of hydrogen-bond donors (Lipinski definition) is 2. The second kappa shape index (κ2) is 7.06. The van der Waals surface area contributed by atoms with Crippen molar-refractivity contribution in [2.24, 2.45) is 5.84 Å². The van der Waals surface area contributed by atoms with Crippen LogP contribution in [0.4, 0.5) is 0 Å². The molecule has 2 atom stereocenters. The first-order valence-electron chi connectivity index (χ1n) is 6.12. The molecule has 17 heavy (non-hydrogen) atoms. The third-order valence-corrected chi connectivity index (χ3v) is 4.01. The molecule has 0 radical (unpaired) electrons. The molecule has 0 spiro atoms. The molecule has 0 aliphatic heterocycles. The van der Waals surface area contributed by atoms with Crippen LogP contribution >= 0.6 is 11.3 Å². The molecule has 0 aromatic carbocycles. The minimum absolute atomic E-state index is 0.130. The second-order valence-corrected chi connectivity index (χ2v) is 5.42. The van der Waals surface area contributed by atoms with Crippen LogP contribution in [0.1, 0.15) is 35.8 Å². The van der Waals surface area contributed by atoms with Gasteiger partial charge >= 0.3 is 0 Å². The number of aryl methyl sites for hydroxylation is 2. The van der Waals surface area contributed by atoms with Gasteiger partial charge in [0, 0.05) is 17.9 Å². The molecule has 0 amide bonds. The van der Waals surface area contributed by atoms with E-state index < -0.39 is 0 Å². The lowest BCUT2D eigenvalue weighted by Gasteiger charge is -2.24. The van der Waals surface area contributed by atoms with Gasteiger partial charge in [0.2, 0.25) is 0 Å². The molecule has 0 aliphatic carbocycles. The fourth-order valence-electron chi connectivity index (χ4n) is 1.84. The molecule has 3 N–H and O–H groups in total. The summed E-state index contributed by atoms with van der Waals surface area (Å²) in [5.41, 5.74) is 3.97. The molecule has 2 unspecified atom stereocenters. The molecule has 98 valence electrons. The van der Waals surface area contributed by atoms with Gasteiger partial charge in [0.1, 0.15) is 0 Å². The summed E-state index contributed by atoms with van der Waals surface area (Å²) in [7, 11) is 0. The van der Waals surface area contributed by atoms with Crippen LogP contribution in [0.3, 0.4) is 0 Å². The topological polar surface area (TPSA) is 60.2 Å². The standard InChI is InChI=1S/C12H23N3OS/c1-5-11(16-6-2)10(15-13)7-12-14-8(3)9(4)17-12/h10-11,15H,5-7,13H2,1-4H3. The van der Waals surface area contributed by atoms with E-state index in [-0.39, 0.29) is 12.1 Å². The molecule has 5 heteroatoms. The minimum Gasteiger partial charge on any atom is -0.377 e. The van der Waals surface area contributed by atoms with Crippen molar-refractivity contribution in [2.75, 3.05) is 6.61 Å². The van der Waals surface area contributed by atoms with E-state index in [1.807, 2.05) is 13.8 Å². The number of aromatic nitrogens is 1. The highest BCUT2D eigenvalue weighted by Crippen LogP contribution is 2.19. The Labute approximate surface area is 108 Å². The van der Waals surface area contributed by atoms with Gasteiger partial charge in [0.05, 0.1) is 22.8 Å². The van der Waals surface area contributed by atoms with Gasteiger partial charge in [-0.1, -0.05) is 6.92 Å². The first-order chi connectivity index (χ1) is 8.12. The quantitative estimate of drug-likeness (QED) is 0.579. The molecule has 1 rings (SSSR count). The van der Waals surface area contributed by atoms with Gasteiger partial charge in [-0.3, -0.25) is 11.3 Å². The first-order valence-corrected chi connectivity index (χ1v) is 6.94.